The molecule has 0 saturated carbocycles. The smallest absolute Gasteiger partial charge is 0.249 e. The fraction of sp³-hybridized carbons (Fsp3) is 0.769. The van der Waals surface area contributed by atoms with Crippen LogP contribution in [-0.2, 0) is 19.6 Å². The number of nitrogens with zero attached hydrogens (tertiary/aromatic N) is 2. The van der Waals surface area contributed by atoms with Gasteiger partial charge in [0.25, 0.3) is 0 Å². The molecule has 0 bridgehead atoms. The molecule has 2 atom stereocenters. The molecule has 2 heterocycles. The van der Waals surface area contributed by atoms with Gasteiger partial charge in [0.05, 0.1) is 17.9 Å². The van der Waals surface area contributed by atoms with Crippen LogP contribution in [0.25, 0.3) is 0 Å². The van der Waals surface area contributed by atoms with Gasteiger partial charge in [-0.3, -0.25) is 4.79 Å². The highest BCUT2D eigenvalue weighted by molar-refractivity contribution is 7.89. The van der Waals surface area contributed by atoms with Gasteiger partial charge in [-0.25, -0.2) is 8.42 Å². The molecule has 1 amide bonds. The van der Waals surface area contributed by atoms with Gasteiger partial charge in [-0.2, -0.15) is 4.31 Å². The van der Waals surface area contributed by atoms with Gasteiger partial charge >= 0.3 is 0 Å². The first-order chi connectivity index (χ1) is 9.49. The van der Waals surface area contributed by atoms with E-state index in [0.29, 0.717) is 26.1 Å². The Bertz CT molecular complexity index is 477. The largest absolute Gasteiger partial charge is 0.365 e. The van der Waals surface area contributed by atoms with E-state index < -0.39 is 10.0 Å². The molecule has 0 unspecified atom stereocenters. The summed E-state index contributed by atoms with van der Waals surface area (Å²) in [4.78, 5) is 13.5. The zero-order chi connectivity index (χ0) is 14.8. The van der Waals surface area contributed by atoms with Crippen LogP contribution in [0.1, 0.15) is 19.8 Å². The third-order valence-electron chi connectivity index (χ3n) is 3.82. The van der Waals surface area contributed by atoms with E-state index in [-0.39, 0.29) is 30.4 Å². The Kier molecular flexibility index (Phi) is 4.82. The van der Waals surface area contributed by atoms with Gasteiger partial charge in [0.15, 0.2) is 0 Å². The highest BCUT2D eigenvalue weighted by atomic mass is 32.2. The number of ether oxygens (including phenoxy) is 1. The fourth-order valence-corrected chi connectivity index (χ4v) is 4.36. The van der Waals surface area contributed by atoms with E-state index in [1.54, 1.807) is 11.0 Å². The number of rotatable bonds is 6. The molecular weight excluding hydrogens is 280 g/mol. The second-order valence-electron chi connectivity index (χ2n) is 5.24. The molecule has 114 valence electrons. The first-order valence-electron chi connectivity index (χ1n) is 6.99. The normalized spacial score (nSPS) is 27.6. The number of hydrogen-bond acceptors (Lipinski definition) is 4. The maximum Gasteiger partial charge on any atom is 0.249 e. The summed E-state index contributed by atoms with van der Waals surface area (Å²) >= 11 is 0. The summed E-state index contributed by atoms with van der Waals surface area (Å²) in [5.74, 6) is 0.0668. The second kappa shape index (κ2) is 6.24. The maximum absolute atomic E-state index is 12.2. The SMILES string of the molecule is C=CCN1C(=O)CO[C@@H]2CN(S(=O)(=O)CCCC)C[C@H]21. The number of sulfonamides is 1. The van der Waals surface area contributed by atoms with E-state index in [1.807, 2.05) is 6.92 Å². The molecule has 0 aliphatic carbocycles. The quantitative estimate of drug-likeness (QED) is 0.658. The van der Waals surface area contributed by atoms with Gasteiger partial charge < -0.3 is 9.64 Å². The Morgan fingerprint density at radius 3 is 2.85 bits per heavy atom. The third-order valence-corrected chi connectivity index (χ3v) is 5.71. The van der Waals surface area contributed by atoms with Crippen molar-refractivity contribution in [3.63, 3.8) is 0 Å². The minimum atomic E-state index is -3.25. The highest BCUT2D eigenvalue weighted by Crippen LogP contribution is 2.25. The van der Waals surface area contributed by atoms with Crippen molar-refractivity contribution in [3.8, 4) is 0 Å². The zero-order valence-electron chi connectivity index (χ0n) is 11.8. The fourth-order valence-electron chi connectivity index (χ4n) is 2.69. The molecular formula is C13H22N2O4S. The van der Waals surface area contributed by atoms with Crippen LogP contribution in [0.4, 0.5) is 0 Å². The second-order valence-corrected chi connectivity index (χ2v) is 7.33. The number of hydrogen-bond donors (Lipinski definition) is 0. The molecule has 0 aromatic rings. The Morgan fingerprint density at radius 2 is 2.20 bits per heavy atom. The molecule has 0 aromatic heterocycles. The molecule has 0 spiro atoms. The van der Waals surface area contributed by atoms with E-state index in [2.05, 4.69) is 6.58 Å². The van der Waals surface area contributed by atoms with Crippen LogP contribution < -0.4 is 0 Å². The van der Waals surface area contributed by atoms with E-state index >= 15 is 0 Å². The zero-order valence-corrected chi connectivity index (χ0v) is 12.6. The standard InChI is InChI=1S/C13H22N2O4S/c1-3-5-7-20(17,18)14-8-11-12(9-14)19-10-13(16)15(11)6-4-2/h4,11-12H,2-3,5-10H2,1H3/t11-,12-/m1/s1. The van der Waals surface area contributed by atoms with Crippen molar-refractivity contribution in [1.82, 2.24) is 9.21 Å². The van der Waals surface area contributed by atoms with Crippen molar-refractivity contribution >= 4 is 15.9 Å². The summed E-state index contributed by atoms with van der Waals surface area (Å²) in [6.07, 6.45) is 2.94. The van der Waals surface area contributed by atoms with Crippen LogP contribution in [0.3, 0.4) is 0 Å². The Balaban J connectivity index is 2.09. The highest BCUT2D eigenvalue weighted by Gasteiger charge is 2.45. The lowest BCUT2D eigenvalue weighted by Crippen LogP contribution is -2.53. The molecule has 2 aliphatic rings. The van der Waals surface area contributed by atoms with Gasteiger partial charge in [-0.15, -0.1) is 6.58 Å². The number of fused-ring (bicyclic) bond motifs is 1. The van der Waals surface area contributed by atoms with Crippen molar-refractivity contribution in [3.05, 3.63) is 12.7 Å². The summed E-state index contributed by atoms with van der Waals surface area (Å²) in [6, 6.07) is -0.189. The number of morpholine rings is 1. The Morgan fingerprint density at radius 1 is 1.45 bits per heavy atom. The van der Waals surface area contributed by atoms with Gasteiger partial charge in [0.1, 0.15) is 6.61 Å². The summed E-state index contributed by atoms with van der Waals surface area (Å²) in [5, 5.41) is 0. The van der Waals surface area contributed by atoms with Crippen LogP contribution in [0.5, 0.6) is 0 Å². The van der Waals surface area contributed by atoms with Gasteiger partial charge in [-0.1, -0.05) is 19.4 Å². The van der Waals surface area contributed by atoms with E-state index in [9.17, 15) is 13.2 Å². The lowest BCUT2D eigenvalue weighted by Gasteiger charge is -2.35. The molecule has 2 aliphatic heterocycles. The van der Waals surface area contributed by atoms with Crippen molar-refractivity contribution in [1.29, 1.82) is 0 Å². The van der Waals surface area contributed by atoms with Gasteiger partial charge in [0.2, 0.25) is 15.9 Å². The summed E-state index contributed by atoms with van der Waals surface area (Å²) < 4.78 is 31.4. The van der Waals surface area contributed by atoms with Crippen LogP contribution in [-0.4, -0.2) is 67.7 Å². The minimum Gasteiger partial charge on any atom is -0.365 e. The van der Waals surface area contributed by atoms with E-state index in [1.165, 1.54) is 4.31 Å². The van der Waals surface area contributed by atoms with Crippen LogP contribution in [0, 0.1) is 0 Å². The number of carbonyl (C=O) groups excluding carboxylic acids is 1. The van der Waals surface area contributed by atoms with Crippen LogP contribution >= 0.6 is 0 Å². The van der Waals surface area contributed by atoms with E-state index in [4.69, 9.17) is 4.74 Å². The predicted octanol–water partition coefficient (Wildman–Crippen LogP) is 0.214. The summed E-state index contributed by atoms with van der Waals surface area (Å²) in [7, 11) is -3.25. The summed E-state index contributed by atoms with van der Waals surface area (Å²) in [6.45, 7) is 6.75. The lowest BCUT2D eigenvalue weighted by atomic mass is 10.1. The molecule has 2 saturated heterocycles. The number of unbranched alkanes of at least 4 members (excludes halogenated alkanes) is 1. The monoisotopic (exact) mass is 302 g/mol. The molecule has 2 fully saturated rings. The first-order valence-corrected chi connectivity index (χ1v) is 8.60. The molecule has 20 heavy (non-hydrogen) atoms. The van der Waals surface area contributed by atoms with Crippen LogP contribution in [0.2, 0.25) is 0 Å². The first kappa shape index (κ1) is 15.5. The Labute approximate surface area is 120 Å². The molecule has 6 nitrogen and oxygen atoms in total. The topological polar surface area (TPSA) is 66.9 Å². The van der Waals surface area contributed by atoms with Crippen molar-refractivity contribution in [2.75, 3.05) is 32.0 Å². The molecule has 0 aromatic carbocycles. The minimum absolute atomic E-state index is 0.0256. The van der Waals surface area contributed by atoms with Crippen molar-refractivity contribution < 1.29 is 17.9 Å². The maximum atomic E-state index is 12.2. The predicted molar refractivity (Wildman–Crippen MR) is 75.7 cm³/mol. The molecule has 2 rings (SSSR count). The Hall–Kier alpha value is -0.920. The third kappa shape index (κ3) is 3.05. The molecule has 7 heteroatoms. The number of amides is 1. The average Bonchev–Trinajstić information content (AvgIpc) is 2.85. The number of carbonyl (C=O) groups is 1. The van der Waals surface area contributed by atoms with Crippen molar-refractivity contribution in [2.45, 2.75) is 31.9 Å². The lowest BCUT2D eigenvalue weighted by molar-refractivity contribution is -0.151. The van der Waals surface area contributed by atoms with Gasteiger partial charge in [-0.05, 0) is 6.42 Å². The van der Waals surface area contributed by atoms with Crippen molar-refractivity contribution in [2.24, 2.45) is 0 Å². The van der Waals surface area contributed by atoms with Gasteiger partial charge in [0, 0.05) is 19.6 Å². The average molecular weight is 302 g/mol. The summed E-state index contributed by atoms with van der Waals surface area (Å²) in [5.41, 5.74) is 0. The molecule has 0 N–H and O–H groups in total. The van der Waals surface area contributed by atoms with E-state index in [0.717, 1.165) is 6.42 Å². The molecule has 0 radical (unpaired) electrons. The van der Waals surface area contributed by atoms with Crippen LogP contribution in [0.15, 0.2) is 12.7 Å².